The number of halogens is 2. The Labute approximate surface area is 172 Å². The number of aromatic nitrogens is 2. The van der Waals surface area contributed by atoms with Crippen molar-refractivity contribution in [2.75, 3.05) is 7.05 Å². The van der Waals surface area contributed by atoms with E-state index in [9.17, 15) is 18.4 Å². The van der Waals surface area contributed by atoms with Gasteiger partial charge in [-0.1, -0.05) is 30.3 Å². The van der Waals surface area contributed by atoms with Crippen LogP contribution in [0.1, 0.15) is 27.3 Å². The molecule has 0 bridgehead atoms. The Bertz CT molecular complexity index is 1050. The Balaban J connectivity index is 1.75. The summed E-state index contributed by atoms with van der Waals surface area (Å²) in [5.74, 6) is -1.30. The number of hydrogen-bond acceptors (Lipinski definition) is 4. The van der Waals surface area contributed by atoms with Crippen molar-refractivity contribution < 1.29 is 23.1 Å². The van der Waals surface area contributed by atoms with Gasteiger partial charge in [0, 0.05) is 13.6 Å². The molecule has 0 aliphatic heterocycles. The highest BCUT2D eigenvalue weighted by atomic mass is 19.3. The van der Waals surface area contributed by atoms with Gasteiger partial charge in [-0.25, -0.2) is 4.68 Å². The molecule has 0 atom stereocenters. The van der Waals surface area contributed by atoms with Gasteiger partial charge in [-0.15, -0.1) is 0 Å². The largest absolute Gasteiger partial charge is 0.435 e. The van der Waals surface area contributed by atoms with Crippen LogP contribution in [-0.2, 0) is 11.3 Å². The fourth-order valence-electron chi connectivity index (χ4n) is 3.19. The number of aryl methyl sites for hydroxylation is 1. The smallest absolute Gasteiger partial charge is 0.387 e. The van der Waals surface area contributed by atoms with E-state index >= 15 is 0 Å². The first kappa shape index (κ1) is 21.2. The van der Waals surface area contributed by atoms with E-state index in [4.69, 9.17) is 0 Å². The summed E-state index contributed by atoms with van der Waals surface area (Å²) in [5.41, 5.74) is 2.80. The van der Waals surface area contributed by atoms with E-state index in [-0.39, 0.29) is 17.9 Å². The summed E-state index contributed by atoms with van der Waals surface area (Å²) in [5, 5.41) is 4.41. The number of amides is 1. The number of Topliss-reactive ketones (excluding diaryl/α,β-unsaturated/α-hetero) is 1. The van der Waals surface area contributed by atoms with Crippen LogP contribution in [0.15, 0.2) is 54.6 Å². The number of para-hydroxylation sites is 1. The molecule has 156 valence electrons. The van der Waals surface area contributed by atoms with Crippen LogP contribution in [0.5, 0.6) is 5.75 Å². The lowest BCUT2D eigenvalue weighted by Crippen LogP contribution is -2.33. The third-order valence-corrected chi connectivity index (χ3v) is 4.63. The number of benzene rings is 2. The van der Waals surface area contributed by atoms with Gasteiger partial charge in [-0.2, -0.15) is 13.9 Å². The van der Waals surface area contributed by atoms with Crippen LogP contribution in [0.25, 0.3) is 5.69 Å². The van der Waals surface area contributed by atoms with Gasteiger partial charge in [0.25, 0.3) is 11.7 Å². The van der Waals surface area contributed by atoms with Crippen LogP contribution < -0.4 is 4.74 Å². The standard InChI is InChI=1S/C22H21F2N3O3/c1-14-19(15(2)27(25-14)17-7-5-4-6-8-17)20(28)21(29)26(3)13-16-9-11-18(12-10-16)30-22(23)24/h4-12,22H,13H2,1-3H3. The molecule has 6 nitrogen and oxygen atoms in total. The van der Waals surface area contributed by atoms with Crippen LogP contribution in [0.2, 0.25) is 0 Å². The van der Waals surface area contributed by atoms with Gasteiger partial charge < -0.3 is 9.64 Å². The van der Waals surface area contributed by atoms with Crippen molar-refractivity contribution in [3.05, 3.63) is 77.1 Å². The van der Waals surface area contributed by atoms with Gasteiger partial charge in [0.05, 0.1) is 22.6 Å². The maximum Gasteiger partial charge on any atom is 0.387 e. The molecule has 3 aromatic rings. The second-order valence-electron chi connectivity index (χ2n) is 6.81. The fraction of sp³-hybridized carbons (Fsp3) is 0.227. The van der Waals surface area contributed by atoms with E-state index in [2.05, 4.69) is 9.84 Å². The van der Waals surface area contributed by atoms with Crippen LogP contribution in [-0.4, -0.2) is 40.0 Å². The summed E-state index contributed by atoms with van der Waals surface area (Å²) in [4.78, 5) is 26.9. The van der Waals surface area contributed by atoms with Crippen LogP contribution >= 0.6 is 0 Å². The third kappa shape index (κ3) is 4.53. The lowest BCUT2D eigenvalue weighted by Gasteiger charge is -2.17. The number of ketones is 1. The highest BCUT2D eigenvalue weighted by Gasteiger charge is 2.27. The Morgan fingerprint density at radius 2 is 1.70 bits per heavy atom. The van der Waals surface area contributed by atoms with Crippen LogP contribution in [0, 0.1) is 13.8 Å². The maximum atomic E-state index is 12.9. The molecule has 0 unspecified atom stereocenters. The van der Waals surface area contributed by atoms with Crippen molar-refractivity contribution in [2.24, 2.45) is 0 Å². The second-order valence-corrected chi connectivity index (χ2v) is 6.81. The van der Waals surface area contributed by atoms with Crippen molar-refractivity contribution in [3.8, 4) is 11.4 Å². The summed E-state index contributed by atoms with van der Waals surface area (Å²) in [6.45, 7) is 0.676. The molecule has 8 heteroatoms. The minimum absolute atomic E-state index is 0.0263. The zero-order chi connectivity index (χ0) is 21.8. The maximum absolute atomic E-state index is 12.9. The van der Waals surface area contributed by atoms with E-state index in [0.717, 1.165) is 5.69 Å². The summed E-state index contributed by atoms with van der Waals surface area (Å²) in [7, 11) is 1.51. The van der Waals surface area contributed by atoms with Crippen molar-refractivity contribution in [2.45, 2.75) is 27.0 Å². The van der Waals surface area contributed by atoms with Crippen molar-refractivity contribution in [1.82, 2.24) is 14.7 Å². The molecule has 1 amide bonds. The molecule has 0 spiro atoms. The monoisotopic (exact) mass is 413 g/mol. The number of carbonyl (C=O) groups excluding carboxylic acids is 2. The lowest BCUT2D eigenvalue weighted by molar-refractivity contribution is -0.125. The second kappa shape index (κ2) is 8.86. The highest BCUT2D eigenvalue weighted by Crippen LogP contribution is 2.20. The Morgan fingerprint density at radius 1 is 1.07 bits per heavy atom. The Hall–Kier alpha value is -3.55. The molecule has 2 aromatic carbocycles. The van der Waals surface area contributed by atoms with Gasteiger partial charge in [0.1, 0.15) is 5.75 Å². The predicted molar refractivity (Wildman–Crippen MR) is 107 cm³/mol. The molecule has 0 aliphatic rings. The predicted octanol–water partition coefficient (Wildman–Crippen LogP) is 3.93. The number of ether oxygens (including phenoxy) is 1. The van der Waals surface area contributed by atoms with Crippen LogP contribution in [0.3, 0.4) is 0 Å². The van der Waals surface area contributed by atoms with E-state index in [1.807, 2.05) is 30.3 Å². The molecule has 0 fully saturated rings. The molecule has 3 rings (SSSR count). The topological polar surface area (TPSA) is 64.4 Å². The first-order valence-electron chi connectivity index (χ1n) is 9.23. The molecule has 0 saturated heterocycles. The number of nitrogens with zero attached hydrogens (tertiary/aromatic N) is 3. The van der Waals surface area contributed by atoms with Gasteiger partial charge in [0.2, 0.25) is 0 Å². The zero-order valence-corrected chi connectivity index (χ0v) is 16.8. The minimum Gasteiger partial charge on any atom is -0.435 e. The molecular weight excluding hydrogens is 392 g/mol. The van der Waals surface area contributed by atoms with Crippen molar-refractivity contribution in [1.29, 1.82) is 0 Å². The summed E-state index contributed by atoms with van der Waals surface area (Å²) < 4.78 is 30.4. The average Bonchev–Trinajstić information content (AvgIpc) is 3.02. The molecule has 0 radical (unpaired) electrons. The van der Waals surface area contributed by atoms with E-state index in [1.54, 1.807) is 30.7 Å². The van der Waals surface area contributed by atoms with Gasteiger partial charge in [-0.05, 0) is 43.7 Å². The number of carbonyl (C=O) groups is 2. The summed E-state index contributed by atoms with van der Waals surface area (Å²) in [6.07, 6.45) is 0. The molecular formula is C22H21F2N3O3. The quantitative estimate of drug-likeness (QED) is 0.435. The molecule has 1 aromatic heterocycles. The Morgan fingerprint density at radius 3 is 2.30 bits per heavy atom. The number of alkyl halides is 2. The summed E-state index contributed by atoms with van der Waals surface area (Å²) >= 11 is 0. The minimum atomic E-state index is -2.90. The molecule has 30 heavy (non-hydrogen) atoms. The van der Waals surface area contributed by atoms with E-state index < -0.39 is 18.3 Å². The first-order valence-corrected chi connectivity index (χ1v) is 9.23. The lowest BCUT2D eigenvalue weighted by atomic mass is 10.1. The first-order chi connectivity index (χ1) is 14.3. The molecule has 1 heterocycles. The molecule has 0 aliphatic carbocycles. The number of rotatable bonds is 7. The zero-order valence-electron chi connectivity index (χ0n) is 16.8. The summed E-state index contributed by atoms with van der Waals surface area (Å²) in [6, 6.07) is 15.2. The number of hydrogen-bond donors (Lipinski definition) is 0. The fourth-order valence-corrected chi connectivity index (χ4v) is 3.19. The third-order valence-electron chi connectivity index (χ3n) is 4.63. The molecule has 0 saturated carbocycles. The SMILES string of the molecule is Cc1nn(-c2ccccc2)c(C)c1C(=O)C(=O)N(C)Cc1ccc(OC(F)F)cc1. The van der Waals surface area contributed by atoms with E-state index in [1.165, 1.54) is 24.1 Å². The molecule has 0 N–H and O–H groups in total. The Kier molecular flexibility index (Phi) is 6.25. The van der Waals surface area contributed by atoms with Crippen molar-refractivity contribution in [3.63, 3.8) is 0 Å². The highest BCUT2D eigenvalue weighted by molar-refractivity contribution is 6.43. The number of likely N-dealkylation sites (N-methyl/N-ethyl adjacent to an activating group) is 1. The van der Waals surface area contributed by atoms with Gasteiger partial charge in [0.15, 0.2) is 0 Å². The van der Waals surface area contributed by atoms with Crippen LogP contribution in [0.4, 0.5) is 8.78 Å². The van der Waals surface area contributed by atoms with E-state index in [0.29, 0.717) is 17.0 Å². The van der Waals surface area contributed by atoms with Gasteiger partial charge >= 0.3 is 6.61 Å². The normalized spacial score (nSPS) is 10.9. The van der Waals surface area contributed by atoms with Gasteiger partial charge in [-0.3, -0.25) is 9.59 Å². The average molecular weight is 413 g/mol. The van der Waals surface area contributed by atoms with Crippen molar-refractivity contribution >= 4 is 11.7 Å².